The average Bonchev–Trinajstić information content (AvgIpc) is 3.09. The maximum atomic E-state index is 13.6. The first-order valence-electron chi connectivity index (χ1n) is 9.10. The molecule has 0 aliphatic rings. The molecule has 0 aliphatic carbocycles. The first kappa shape index (κ1) is 22.9. The van der Waals surface area contributed by atoms with E-state index in [9.17, 15) is 8.78 Å². The minimum absolute atomic E-state index is 0. The lowest BCUT2D eigenvalue weighted by molar-refractivity contribution is 0.304. The van der Waals surface area contributed by atoms with Gasteiger partial charge in [-0.1, -0.05) is 6.07 Å². The molecule has 3 rings (SSSR count). The molecule has 6 nitrogen and oxygen atoms in total. The largest absolute Gasteiger partial charge is 0.489 e. The summed E-state index contributed by atoms with van der Waals surface area (Å²) in [7, 11) is 0. The molecule has 0 spiro atoms. The Hall–Kier alpha value is -2.43. The fourth-order valence-electron chi connectivity index (χ4n) is 2.70. The third-order valence-electron chi connectivity index (χ3n) is 4.04. The second-order valence-corrected chi connectivity index (χ2v) is 6.17. The summed E-state index contributed by atoms with van der Waals surface area (Å²) in [4.78, 5) is 9.08. The van der Waals surface area contributed by atoms with Crippen LogP contribution < -0.4 is 15.4 Å². The van der Waals surface area contributed by atoms with Gasteiger partial charge in [0, 0.05) is 24.5 Å². The fourth-order valence-corrected chi connectivity index (χ4v) is 2.70. The molecule has 0 aliphatic heterocycles. The molecule has 0 saturated heterocycles. The molecule has 9 heteroatoms. The Kier molecular flexibility index (Phi) is 8.62. The Morgan fingerprint density at radius 3 is 2.76 bits per heavy atom. The summed E-state index contributed by atoms with van der Waals surface area (Å²) >= 11 is 0. The van der Waals surface area contributed by atoms with Crippen molar-refractivity contribution >= 4 is 35.6 Å². The Balaban J connectivity index is 0.00000300. The number of nitrogens with zero attached hydrogens (tertiary/aromatic N) is 3. The molecule has 2 N–H and O–H groups in total. The molecule has 0 amide bonds. The summed E-state index contributed by atoms with van der Waals surface area (Å²) in [5, 5.41) is 6.26. The van der Waals surface area contributed by atoms with Gasteiger partial charge < -0.3 is 19.8 Å². The molecule has 29 heavy (non-hydrogen) atoms. The number of imidazole rings is 1. The number of pyridine rings is 1. The molecule has 0 bridgehead atoms. The van der Waals surface area contributed by atoms with Crippen LogP contribution in [0.1, 0.15) is 18.3 Å². The topological polar surface area (TPSA) is 63.0 Å². The van der Waals surface area contributed by atoms with Crippen molar-refractivity contribution < 1.29 is 13.5 Å². The molecule has 0 unspecified atom stereocenters. The number of benzene rings is 1. The van der Waals surface area contributed by atoms with Crippen molar-refractivity contribution in [1.82, 2.24) is 20.0 Å². The number of hydrogen-bond donors (Lipinski definition) is 2. The molecule has 3 aromatic rings. The number of aromatic nitrogens is 2. The third-order valence-corrected chi connectivity index (χ3v) is 4.04. The first-order valence-corrected chi connectivity index (χ1v) is 9.10. The maximum Gasteiger partial charge on any atom is 0.191 e. The predicted octanol–water partition coefficient (Wildman–Crippen LogP) is 3.67. The van der Waals surface area contributed by atoms with Gasteiger partial charge in [-0.15, -0.1) is 24.0 Å². The smallest absolute Gasteiger partial charge is 0.191 e. The lowest BCUT2D eigenvalue weighted by atomic mass is 10.3. The van der Waals surface area contributed by atoms with E-state index in [2.05, 4.69) is 20.6 Å². The lowest BCUT2D eigenvalue weighted by Crippen LogP contribution is -2.39. The van der Waals surface area contributed by atoms with Gasteiger partial charge in [-0.25, -0.2) is 18.8 Å². The first-order chi connectivity index (χ1) is 13.6. The van der Waals surface area contributed by atoms with Gasteiger partial charge in [0.1, 0.15) is 18.1 Å². The van der Waals surface area contributed by atoms with Crippen LogP contribution in [-0.4, -0.2) is 35.0 Å². The van der Waals surface area contributed by atoms with E-state index in [1.54, 1.807) is 0 Å². The van der Waals surface area contributed by atoms with Gasteiger partial charge in [-0.2, -0.15) is 0 Å². The zero-order valence-electron chi connectivity index (χ0n) is 16.3. The van der Waals surface area contributed by atoms with E-state index in [0.29, 0.717) is 25.6 Å². The number of halogens is 3. The molecule has 2 heterocycles. The monoisotopic (exact) mass is 515 g/mol. The summed E-state index contributed by atoms with van der Waals surface area (Å²) in [5.41, 5.74) is 2.85. The lowest BCUT2D eigenvalue weighted by Gasteiger charge is -2.12. The van der Waals surface area contributed by atoms with Crippen molar-refractivity contribution in [3.63, 3.8) is 0 Å². The van der Waals surface area contributed by atoms with Crippen molar-refractivity contribution in [2.24, 2.45) is 4.99 Å². The second-order valence-electron chi connectivity index (χ2n) is 6.17. The SMILES string of the molecule is CCNC(=NCc1cn2c(C)cccc2n1)NCCOc1ccc(F)cc1F.I. The van der Waals surface area contributed by atoms with Crippen LogP contribution in [0.25, 0.3) is 5.65 Å². The minimum atomic E-state index is -0.720. The van der Waals surface area contributed by atoms with Crippen molar-refractivity contribution in [2.45, 2.75) is 20.4 Å². The molecule has 0 saturated carbocycles. The third kappa shape index (κ3) is 6.28. The van der Waals surface area contributed by atoms with Crippen LogP contribution in [0.5, 0.6) is 5.75 Å². The second kappa shape index (κ2) is 10.9. The number of nitrogens with one attached hydrogen (secondary N) is 2. The van der Waals surface area contributed by atoms with Gasteiger partial charge >= 0.3 is 0 Å². The van der Waals surface area contributed by atoms with Crippen molar-refractivity contribution in [3.05, 3.63) is 65.6 Å². The van der Waals surface area contributed by atoms with Crippen molar-refractivity contribution in [2.75, 3.05) is 19.7 Å². The van der Waals surface area contributed by atoms with E-state index in [1.165, 1.54) is 6.07 Å². The van der Waals surface area contributed by atoms with Crippen molar-refractivity contribution in [3.8, 4) is 5.75 Å². The standard InChI is InChI=1S/C20H23F2N5O.HI/c1-3-23-20(24-9-10-28-18-8-7-15(21)11-17(18)22)25-12-16-13-27-14(2)5-4-6-19(27)26-16;/h4-8,11,13H,3,9-10,12H2,1-2H3,(H2,23,24,25);1H. The summed E-state index contributed by atoms with van der Waals surface area (Å²) in [6, 6.07) is 9.18. The molecule has 0 atom stereocenters. The summed E-state index contributed by atoms with van der Waals surface area (Å²) in [5.74, 6) is -0.723. The van der Waals surface area contributed by atoms with Crippen LogP contribution in [0.4, 0.5) is 8.78 Å². The van der Waals surface area contributed by atoms with Gasteiger partial charge in [-0.05, 0) is 38.1 Å². The fraction of sp³-hybridized carbons (Fsp3) is 0.300. The highest BCUT2D eigenvalue weighted by Gasteiger charge is 2.06. The highest BCUT2D eigenvalue weighted by atomic mass is 127. The van der Waals surface area contributed by atoms with Crippen LogP contribution in [-0.2, 0) is 6.54 Å². The predicted molar refractivity (Wildman–Crippen MR) is 120 cm³/mol. The van der Waals surface area contributed by atoms with Crippen LogP contribution in [0, 0.1) is 18.6 Å². The minimum Gasteiger partial charge on any atom is -0.489 e. The van der Waals surface area contributed by atoms with Crippen LogP contribution >= 0.6 is 24.0 Å². The number of fused-ring (bicyclic) bond motifs is 1. The Bertz CT molecular complexity index is 977. The molecule has 1 aromatic carbocycles. The van der Waals surface area contributed by atoms with Gasteiger partial charge in [0.2, 0.25) is 0 Å². The van der Waals surface area contributed by atoms with E-state index in [1.807, 2.05) is 42.6 Å². The number of guanidine groups is 1. The molecule has 2 aromatic heterocycles. The molecule has 0 radical (unpaired) electrons. The summed E-state index contributed by atoms with van der Waals surface area (Å²) in [6.07, 6.45) is 1.97. The summed E-state index contributed by atoms with van der Waals surface area (Å²) in [6.45, 7) is 5.73. The normalized spacial score (nSPS) is 11.2. The van der Waals surface area contributed by atoms with E-state index in [-0.39, 0.29) is 36.3 Å². The molecular weight excluding hydrogens is 491 g/mol. The number of aryl methyl sites for hydroxylation is 1. The van der Waals surface area contributed by atoms with Gasteiger partial charge in [0.25, 0.3) is 0 Å². The highest BCUT2D eigenvalue weighted by Crippen LogP contribution is 2.17. The highest BCUT2D eigenvalue weighted by molar-refractivity contribution is 14.0. The Labute approximate surface area is 185 Å². The Morgan fingerprint density at radius 2 is 2.03 bits per heavy atom. The maximum absolute atomic E-state index is 13.6. The number of ether oxygens (including phenoxy) is 1. The molecular formula is C20H24F2IN5O. The quantitative estimate of drug-likeness (QED) is 0.218. The van der Waals surface area contributed by atoms with E-state index in [4.69, 9.17) is 4.74 Å². The number of hydrogen-bond acceptors (Lipinski definition) is 3. The zero-order valence-corrected chi connectivity index (χ0v) is 18.6. The van der Waals surface area contributed by atoms with Gasteiger partial charge in [-0.3, -0.25) is 0 Å². The van der Waals surface area contributed by atoms with E-state index in [0.717, 1.165) is 29.2 Å². The Morgan fingerprint density at radius 1 is 1.21 bits per heavy atom. The van der Waals surface area contributed by atoms with Gasteiger partial charge in [0.15, 0.2) is 17.5 Å². The van der Waals surface area contributed by atoms with Crippen LogP contribution in [0.15, 0.2) is 47.6 Å². The zero-order chi connectivity index (χ0) is 19.9. The average molecular weight is 515 g/mol. The number of aliphatic imine (C=N–C) groups is 1. The van der Waals surface area contributed by atoms with Crippen LogP contribution in [0.2, 0.25) is 0 Å². The van der Waals surface area contributed by atoms with E-state index >= 15 is 0 Å². The van der Waals surface area contributed by atoms with Crippen LogP contribution in [0.3, 0.4) is 0 Å². The molecule has 0 fully saturated rings. The summed E-state index contributed by atoms with van der Waals surface area (Å²) < 4.78 is 33.8. The van der Waals surface area contributed by atoms with Crippen molar-refractivity contribution in [1.29, 1.82) is 0 Å². The number of rotatable bonds is 7. The molecule has 156 valence electrons. The van der Waals surface area contributed by atoms with E-state index < -0.39 is 11.6 Å². The van der Waals surface area contributed by atoms with Gasteiger partial charge in [0.05, 0.1) is 18.8 Å².